The van der Waals surface area contributed by atoms with E-state index in [1.54, 1.807) is 6.92 Å². The number of carbonyl (C=O) groups is 1. The summed E-state index contributed by atoms with van der Waals surface area (Å²) in [7, 11) is 0. The van der Waals surface area contributed by atoms with Crippen LogP contribution in [0, 0.1) is 6.92 Å². The number of esters is 1. The molecule has 2 aromatic rings. The number of nitrogens with zero attached hydrogens (tertiary/aromatic N) is 2. The van der Waals surface area contributed by atoms with Crippen molar-refractivity contribution in [1.82, 2.24) is 10.2 Å². The van der Waals surface area contributed by atoms with Crippen LogP contribution >= 0.6 is 27.3 Å². The van der Waals surface area contributed by atoms with Gasteiger partial charge >= 0.3 is 5.97 Å². The van der Waals surface area contributed by atoms with Gasteiger partial charge in [0.2, 0.25) is 0 Å². The molecule has 0 saturated heterocycles. The monoisotopic (exact) mass is 382 g/mol. The maximum Gasteiger partial charge on any atom is 0.310 e. The fourth-order valence-corrected chi connectivity index (χ4v) is 3.64. The van der Waals surface area contributed by atoms with Crippen LogP contribution in [0.15, 0.2) is 16.0 Å². The Morgan fingerprint density at radius 2 is 2.00 bits per heavy atom. The van der Waals surface area contributed by atoms with Crippen LogP contribution < -0.4 is 4.74 Å². The van der Waals surface area contributed by atoms with E-state index in [1.165, 1.54) is 11.3 Å². The number of rotatable bonds is 3. The van der Waals surface area contributed by atoms with E-state index in [-0.39, 0.29) is 11.4 Å². The van der Waals surface area contributed by atoms with Gasteiger partial charge in [-0.15, -0.1) is 10.2 Å². The molecule has 0 aliphatic rings. The predicted octanol–water partition coefficient (Wildman–Crippen LogP) is 4.89. The maximum absolute atomic E-state index is 11.7. The second kappa shape index (κ2) is 6.46. The van der Waals surface area contributed by atoms with E-state index in [2.05, 4.69) is 46.9 Å². The molecule has 0 unspecified atom stereocenters. The highest BCUT2D eigenvalue weighted by Crippen LogP contribution is 2.40. The van der Waals surface area contributed by atoms with E-state index in [0.29, 0.717) is 12.2 Å². The van der Waals surface area contributed by atoms with Crippen LogP contribution in [-0.4, -0.2) is 16.2 Å². The Bertz CT molecular complexity index is 705. The molecule has 1 heterocycles. The van der Waals surface area contributed by atoms with Gasteiger partial charge in [-0.3, -0.25) is 4.79 Å². The number of carbonyl (C=O) groups excluding carboxylic acids is 1. The van der Waals surface area contributed by atoms with Crippen molar-refractivity contribution in [3.8, 4) is 16.3 Å². The largest absolute Gasteiger partial charge is 0.426 e. The molecule has 2 rings (SSSR count). The number of halogens is 1. The molecule has 0 N–H and O–H groups in total. The zero-order valence-electron chi connectivity index (χ0n) is 13.4. The summed E-state index contributed by atoms with van der Waals surface area (Å²) in [5.74, 6) is 0.403. The first-order valence-electron chi connectivity index (χ1n) is 7.08. The number of benzene rings is 1. The molecule has 0 saturated carbocycles. The molecule has 0 bridgehead atoms. The molecule has 0 radical (unpaired) electrons. The summed E-state index contributed by atoms with van der Waals surface area (Å²) in [6, 6.07) is 3.79. The fraction of sp³-hybridized carbons (Fsp3) is 0.438. The third-order valence-corrected chi connectivity index (χ3v) is 4.71. The van der Waals surface area contributed by atoms with E-state index in [4.69, 9.17) is 4.74 Å². The summed E-state index contributed by atoms with van der Waals surface area (Å²) >= 11 is 4.83. The highest BCUT2D eigenvalue weighted by atomic mass is 79.9. The molecule has 22 heavy (non-hydrogen) atoms. The van der Waals surface area contributed by atoms with Crippen molar-refractivity contribution in [1.29, 1.82) is 0 Å². The standard InChI is InChI=1S/C16H19BrN2O2S/c1-6-12(20)21-11-8-7-10(14-18-19-15(17)22-14)9(2)13(11)16(3,4)5/h7-8H,6H2,1-5H3. The van der Waals surface area contributed by atoms with Crippen molar-refractivity contribution in [3.63, 3.8) is 0 Å². The quantitative estimate of drug-likeness (QED) is 0.560. The Hall–Kier alpha value is -1.27. The van der Waals surface area contributed by atoms with Crippen LogP contribution in [0.5, 0.6) is 5.75 Å². The van der Waals surface area contributed by atoms with E-state index in [0.717, 1.165) is 25.6 Å². The first kappa shape index (κ1) is 17.1. The summed E-state index contributed by atoms with van der Waals surface area (Å²) in [4.78, 5) is 11.7. The van der Waals surface area contributed by atoms with E-state index in [1.807, 2.05) is 19.1 Å². The van der Waals surface area contributed by atoms with Gasteiger partial charge in [-0.2, -0.15) is 0 Å². The molecule has 0 spiro atoms. The molecule has 0 fully saturated rings. The smallest absolute Gasteiger partial charge is 0.310 e. The summed E-state index contributed by atoms with van der Waals surface area (Å²) < 4.78 is 6.27. The van der Waals surface area contributed by atoms with Crippen LogP contribution in [0.2, 0.25) is 0 Å². The van der Waals surface area contributed by atoms with Gasteiger partial charge in [0.05, 0.1) is 0 Å². The molecule has 1 aromatic heterocycles. The number of hydrogen-bond acceptors (Lipinski definition) is 5. The molecule has 6 heteroatoms. The molecule has 1 aromatic carbocycles. The predicted molar refractivity (Wildman–Crippen MR) is 92.4 cm³/mol. The highest BCUT2D eigenvalue weighted by Gasteiger charge is 2.25. The van der Waals surface area contributed by atoms with Crippen LogP contribution in [-0.2, 0) is 10.2 Å². The van der Waals surface area contributed by atoms with Crippen molar-refractivity contribution < 1.29 is 9.53 Å². The highest BCUT2D eigenvalue weighted by molar-refractivity contribution is 9.11. The molecular formula is C16H19BrN2O2S. The minimum atomic E-state index is -0.226. The number of hydrogen-bond donors (Lipinski definition) is 0. The summed E-state index contributed by atoms with van der Waals surface area (Å²) in [6.45, 7) is 10.2. The van der Waals surface area contributed by atoms with Crippen LogP contribution in [0.4, 0.5) is 0 Å². The van der Waals surface area contributed by atoms with Crippen molar-refractivity contribution in [3.05, 3.63) is 27.2 Å². The number of ether oxygens (including phenoxy) is 1. The third-order valence-electron chi connectivity index (χ3n) is 3.32. The van der Waals surface area contributed by atoms with Gasteiger partial charge < -0.3 is 4.74 Å². The number of aromatic nitrogens is 2. The van der Waals surface area contributed by atoms with Gasteiger partial charge in [0.1, 0.15) is 10.8 Å². The van der Waals surface area contributed by atoms with E-state index in [9.17, 15) is 4.79 Å². The molecule has 0 atom stereocenters. The Labute approximate surface area is 143 Å². The molecule has 118 valence electrons. The van der Waals surface area contributed by atoms with Gasteiger partial charge in [-0.25, -0.2) is 0 Å². The zero-order valence-corrected chi connectivity index (χ0v) is 15.8. The first-order chi connectivity index (χ1) is 10.2. The maximum atomic E-state index is 11.7. The van der Waals surface area contributed by atoms with Gasteiger partial charge in [0, 0.05) is 17.5 Å². The molecule has 0 aliphatic carbocycles. The summed E-state index contributed by atoms with van der Waals surface area (Å²) in [5, 5.41) is 9.05. The lowest BCUT2D eigenvalue weighted by Crippen LogP contribution is -2.18. The lowest BCUT2D eigenvalue weighted by Gasteiger charge is -2.25. The second-order valence-electron chi connectivity index (χ2n) is 6.05. The van der Waals surface area contributed by atoms with Crippen molar-refractivity contribution in [2.24, 2.45) is 0 Å². The third kappa shape index (κ3) is 3.55. The Morgan fingerprint density at radius 3 is 2.50 bits per heavy atom. The topological polar surface area (TPSA) is 52.1 Å². The first-order valence-corrected chi connectivity index (χ1v) is 8.69. The van der Waals surface area contributed by atoms with Crippen LogP contribution in [0.3, 0.4) is 0 Å². The second-order valence-corrected chi connectivity index (χ2v) is 8.30. The Morgan fingerprint density at radius 1 is 1.32 bits per heavy atom. The van der Waals surface area contributed by atoms with Crippen molar-refractivity contribution in [2.45, 2.75) is 46.5 Å². The van der Waals surface area contributed by atoms with E-state index >= 15 is 0 Å². The molecular weight excluding hydrogens is 364 g/mol. The van der Waals surface area contributed by atoms with Crippen LogP contribution in [0.1, 0.15) is 45.2 Å². The van der Waals surface area contributed by atoms with Gasteiger partial charge in [0.25, 0.3) is 0 Å². The van der Waals surface area contributed by atoms with E-state index < -0.39 is 0 Å². The van der Waals surface area contributed by atoms with Crippen LogP contribution in [0.25, 0.3) is 10.6 Å². The van der Waals surface area contributed by atoms with Crippen molar-refractivity contribution >= 4 is 33.2 Å². The minimum Gasteiger partial charge on any atom is -0.426 e. The SMILES string of the molecule is CCC(=O)Oc1ccc(-c2nnc(Br)s2)c(C)c1C(C)(C)C. The lowest BCUT2D eigenvalue weighted by molar-refractivity contribution is -0.134. The summed E-state index contributed by atoms with van der Waals surface area (Å²) in [5.41, 5.74) is 2.96. The average Bonchev–Trinajstić information content (AvgIpc) is 2.83. The van der Waals surface area contributed by atoms with Gasteiger partial charge in [0.15, 0.2) is 3.92 Å². The Kier molecular flexibility index (Phi) is 5.02. The zero-order chi connectivity index (χ0) is 16.5. The van der Waals surface area contributed by atoms with Gasteiger partial charge in [-0.1, -0.05) is 39.0 Å². The Balaban J connectivity index is 2.60. The molecule has 0 amide bonds. The summed E-state index contributed by atoms with van der Waals surface area (Å²) in [6.07, 6.45) is 0.355. The fourth-order valence-electron chi connectivity index (χ4n) is 2.44. The van der Waals surface area contributed by atoms with Gasteiger partial charge in [-0.05, 0) is 46.0 Å². The van der Waals surface area contributed by atoms with Crippen molar-refractivity contribution in [2.75, 3.05) is 0 Å². The molecule has 0 aliphatic heterocycles. The molecule has 4 nitrogen and oxygen atoms in total. The normalized spacial score (nSPS) is 11.5. The average molecular weight is 383 g/mol. The lowest BCUT2D eigenvalue weighted by atomic mass is 9.82. The minimum absolute atomic E-state index is 0.147.